The number of azide groups is 1. The van der Waals surface area contributed by atoms with Crippen molar-refractivity contribution in [2.45, 2.75) is 51.4 Å². The van der Waals surface area contributed by atoms with Gasteiger partial charge in [-0.25, -0.2) is 4.79 Å². The lowest BCUT2D eigenvalue weighted by molar-refractivity contribution is 0.0212. The smallest absolute Gasteiger partial charge is 0.410 e. The number of amides is 1. The normalized spacial score (nSPS) is 22.0. The van der Waals surface area contributed by atoms with E-state index < -0.39 is 11.7 Å². The minimum absolute atomic E-state index is 0.105. The van der Waals surface area contributed by atoms with Crippen LogP contribution in [0, 0.1) is 0 Å². The Morgan fingerprint density at radius 1 is 1.48 bits per heavy atom. The molecule has 0 spiro atoms. The molecule has 9 heteroatoms. The van der Waals surface area contributed by atoms with Crippen LogP contribution in [-0.2, 0) is 11.3 Å². The van der Waals surface area contributed by atoms with Crippen LogP contribution in [0.2, 0.25) is 0 Å². The second-order valence-corrected chi connectivity index (χ2v) is 6.04. The van der Waals surface area contributed by atoms with Crippen LogP contribution in [-0.4, -0.2) is 50.0 Å². The molecule has 1 aliphatic heterocycles. The summed E-state index contributed by atoms with van der Waals surface area (Å²) >= 11 is 0. The third-order valence-corrected chi connectivity index (χ3v) is 3.12. The molecule has 1 amide bonds. The Bertz CT molecular complexity index is 530. The first-order chi connectivity index (χ1) is 9.89. The maximum Gasteiger partial charge on any atom is 0.410 e. The van der Waals surface area contributed by atoms with Gasteiger partial charge in [0.1, 0.15) is 18.3 Å². The number of carbonyl (C=O) groups excluding carboxylic acids is 1. The second kappa shape index (κ2) is 6.01. The van der Waals surface area contributed by atoms with Crippen molar-refractivity contribution in [1.82, 2.24) is 19.7 Å². The van der Waals surface area contributed by atoms with E-state index in [9.17, 15) is 4.79 Å². The highest BCUT2D eigenvalue weighted by Gasteiger charge is 2.37. The lowest BCUT2D eigenvalue weighted by Gasteiger charge is -2.28. The Hall–Kier alpha value is -2.28. The molecule has 0 radical (unpaired) electrons. The predicted octanol–water partition coefficient (Wildman–Crippen LogP) is 1.97. The van der Waals surface area contributed by atoms with Gasteiger partial charge in [-0.15, -0.1) is 10.2 Å². The standard InChI is InChI=1S/C12H19N7O2/c1-12(2,3)21-11(20)19-5-9(16-17-13)4-10(19)6-18-7-14-15-8-18/h7-10H,4-6H2,1-3H3/t9?,10-/m1/s1. The van der Waals surface area contributed by atoms with Crippen LogP contribution in [0.25, 0.3) is 10.4 Å². The van der Waals surface area contributed by atoms with E-state index >= 15 is 0 Å². The number of rotatable bonds is 3. The third-order valence-electron chi connectivity index (χ3n) is 3.12. The van der Waals surface area contributed by atoms with Crippen molar-refractivity contribution >= 4 is 6.09 Å². The number of aromatic nitrogens is 3. The van der Waals surface area contributed by atoms with Gasteiger partial charge >= 0.3 is 6.09 Å². The lowest BCUT2D eigenvalue weighted by Crippen LogP contribution is -2.41. The summed E-state index contributed by atoms with van der Waals surface area (Å²) < 4.78 is 7.20. The maximum atomic E-state index is 12.3. The molecule has 2 atom stereocenters. The van der Waals surface area contributed by atoms with E-state index in [1.807, 2.05) is 20.8 Å². The Kier molecular flexibility index (Phi) is 4.32. The molecule has 0 N–H and O–H groups in total. The molecule has 0 aliphatic carbocycles. The van der Waals surface area contributed by atoms with Gasteiger partial charge < -0.3 is 14.2 Å². The van der Waals surface area contributed by atoms with E-state index in [0.29, 0.717) is 19.5 Å². The van der Waals surface area contributed by atoms with Gasteiger partial charge in [-0.3, -0.25) is 0 Å². The monoisotopic (exact) mass is 293 g/mol. The fourth-order valence-electron chi connectivity index (χ4n) is 2.33. The molecule has 0 saturated carbocycles. The third kappa shape index (κ3) is 4.09. The second-order valence-electron chi connectivity index (χ2n) is 6.04. The quantitative estimate of drug-likeness (QED) is 0.482. The van der Waals surface area contributed by atoms with E-state index in [2.05, 4.69) is 20.2 Å². The van der Waals surface area contributed by atoms with Crippen molar-refractivity contribution in [1.29, 1.82) is 0 Å². The SMILES string of the molecule is CC(C)(C)OC(=O)N1CC(N=[N+]=[N-])C[C@@H]1Cn1cnnc1. The molecule has 1 unspecified atom stereocenters. The van der Waals surface area contributed by atoms with Crippen molar-refractivity contribution < 1.29 is 9.53 Å². The molecule has 0 bridgehead atoms. The van der Waals surface area contributed by atoms with Crippen molar-refractivity contribution in [3.63, 3.8) is 0 Å². The zero-order chi connectivity index (χ0) is 15.5. The van der Waals surface area contributed by atoms with Gasteiger partial charge in [0.15, 0.2) is 0 Å². The molecule has 1 aliphatic rings. The van der Waals surface area contributed by atoms with Gasteiger partial charge in [-0.2, -0.15) is 0 Å². The summed E-state index contributed by atoms with van der Waals surface area (Å²) in [5.74, 6) is 0. The van der Waals surface area contributed by atoms with Gasteiger partial charge in [0.2, 0.25) is 0 Å². The number of ether oxygens (including phenoxy) is 1. The summed E-state index contributed by atoms with van der Waals surface area (Å²) in [6.07, 6.45) is 3.39. The fraction of sp³-hybridized carbons (Fsp3) is 0.750. The fourth-order valence-corrected chi connectivity index (χ4v) is 2.33. The zero-order valence-corrected chi connectivity index (χ0v) is 12.4. The van der Waals surface area contributed by atoms with Crippen molar-refractivity contribution in [2.24, 2.45) is 5.11 Å². The highest BCUT2D eigenvalue weighted by atomic mass is 16.6. The predicted molar refractivity (Wildman–Crippen MR) is 74.3 cm³/mol. The van der Waals surface area contributed by atoms with E-state index in [0.717, 1.165) is 0 Å². The van der Waals surface area contributed by atoms with E-state index in [-0.39, 0.29) is 12.1 Å². The Balaban J connectivity index is 2.10. The van der Waals surface area contributed by atoms with Crippen LogP contribution >= 0.6 is 0 Å². The zero-order valence-electron chi connectivity index (χ0n) is 12.4. The molecule has 9 nitrogen and oxygen atoms in total. The first kappa shape index (κ1) is 15.1. The summed E-state index contributed by atoms with van der Waals surface area (Å²) in [4.78, 5) is 16.7. The molecule has 1 aromatic rings. The van der Waals surface area contributed by atoms with Crippen molar-refractivity contribution in [3.8, 4) is 0 Å². The Labute approximate surface area is 122 Å². The molecule has 21 heavy (non-hydrogen) atoms. The molecule has 1 saturated heterocycles. The minimum atomic E-state index is -0.561. The Morgan fingerprint density at radius 2 is 2.14 bits per heavy atom. The Morgan fingerprint density at radius 3 is 2.71 bits per heavy atom. The van der Waals surface area contributed by atoms with Crippen LogP contribution in [0.5, 0.6) is 0 Å². The topological polar surface area (TPSA) is 109 Å². The molecule has 1 fully saturated rings. The van der Waals surface area contributed by atoms with Gasteiger partial charge in [-0.05, 0) is 32.7 Å². The average molecular weight is 293 g/mol. The molecule has 2 heterocycles. The first-order valence-corrected chi connectivity index (χ1v) is 6.75. The van der Waals surface area contributed by atoms with Gasteiger partial charge in [0.25, 0.3) is 0 Å². The number of nitrogens with zero attached hydrogens (tertiary/aromatic N) is 7. The van der Waals surface area contributed by atoms with Gasteiger partial charge in [-0.1, -0.05) is 5.11 Å². The molecule has 114 valence electrons. The highest BCUT2D eigenvalue weighted by Crippen LogP contribution is 2.24. The van der Waals surface area contributed by atoms with E-state index in [1.165, 1.54) is 0 Å². The van der Waals surface area contributed by atoms with E-state index in [4.69, 9.17) is 10.3 Å². The molecule has 1 aromatic heterocycles. The average Bonchev–Trinajstić information content (AvgIpc) is 2.98. The van der Waals surface area contributed by atoms with Crippen LogP contribution in [0.3, 0.4) is 0 Å². The van der Waals surface area contributed by atoms with E-state index in [1.54, 1.807) is 22.1 Å². The molecular weight excluding hydrogens is 274 g/mol. The van der Waals surface area contributed by atoms with Crippen molar-refractivity contribution in [3.05, 3.63) is 23.1 Å². The summed E-state index contributed by atoms with van der Waals surface area (Å²) in [5, 5.41) is 11.2. The highest BCUT2D eigenvalue weighted by molar-refractivity contribution is 5.69. The van der Waals surface area contributed by atoms with Crippen LogP contribution in [0.1, 0.15) is 27.2 Å². The minimum Gasteiger partial charge on any atom is -0.444 e. The summed E-state index contributed by atoms with van der Waals surface area (Å²) in [6, 6.07) is -0.338. The van der Waals surface area contributed by atoms with Crippen LogP contribution in [0.4, 0.5) is 4.79 Å². The summed E-state index contributed by atoms with van der Waals surface area (Å²) in [6.45, 7) is 6.37. The maximum absolute atomic E-state index is 12.3. The van der Waals surface area contributed by atoms with Gasteiger partial charge in [0.05, 0.1) is 12.1 Å². The number of hydrogen-bond donors (Lipinski definition) is 0. The number of hydrogen-bond acceptors (Lipinski definition) is 5. The number of carbonyl (C=O) groups is 1. The molecule has 0 aromatic carbocycles. The summed E-state index contributed by atoms with van der Waals surface area (Å²) in [7, 11) is 0. The number of likely N-dealkylation sites (tertiary alicyclic amines) is 1. The van der Waals surface area contributed by atoms with Crippen LogP contribution in [0.15, 0.2) is 17.8 Å². The molecular formula is C12H19N7O2. The first-order valence-electron chi connectivity index (χ1n) is 6.75. The lowest BCUT2D eigenvalue weighted by atomic mass is 10.2. The molecule has 2 rings (SSSR count). The van der Waals surface area contributed by atoms with Crippen LogP contribution < -0.4 is 0 Å². The largest absolute Gasteiger partial charge is 0.444 e. The van der Waals surface area contributed by atoms with Crippen molar-refractivity contribution in [2.75, 3.05) is 6.54 Å². The summed E-state index contributed by atoms with van der Waals surface area (Å²) in [5.41, 5.74) is 8.02. The van der Waals surface area contributed by atoms with Gasteiger partial charge in [0, 0.05) is 18.0 Å².